The highest BCUT2D eigenvalue weighted by Gasteiger charge is 2.09. The number of carbonyl (C=O) groups excluding carboxylic acids is 1. The molecule has 0 fully saturated rings. The van der Waals surface area contributed by atoms with Gasteiger partial charge in [-0.15, -0.1) is 0 Å². The lowest BCUT2D eigenvalue weighted by molar-refractivity contribution is -0.132. The number of hydrogen-bond acceptors (Lipinski definition) is 2. The second-order valence-electron chi connectivity index (χ2n) is 1.45. The average molecular weight is 110 g/mol. The summed E-state index contributed by atoms with van der Waals surface area (Å²) in [5, 5.41) is 0. The quantitative estimate of drug-likeness (QED) is 0.343. The van der Waals surface area contributed by atoms with Crippen molar-refractivity contribution >= 4 is 5.97 Å². The Kier molecular flexibility index (Phi) is 1.16. The van der Waals surface area contributed by atoms with E-state index >= 15 is 0 Å². The number of allylic oxidation sites excluding steroid dienone is 1. The topological polar surface area (TPSA) is 26.3 Å². The van der Waals surface area contributed by atoms with Crippen molar-refractivity contribution in [2.24, 2.45) is 0 Å². The van der Waals surface area contributed by atoms with Crippen LogP contribution in [0.5, 0.6) is 0 Å². The Morgan fingerprint density at radius 2 is 2.50 bits per heavy atom. The summed E-state index contributed by atoms with van der Waals surface area (Å²) in [4.78, 5) is 10.5. The van der Waals surface area contributed by atoms with E-state index in [1.165, 1.54) is 6.26 Å². The average Bonchev–Trinajstić information content (AvgIpc) is 2.14. The van der Waals surface area contributed by atoms with E-state index in [2.05, 4.69) is 4.74 Å². The molecule has 0 aromatic rings. The normalized spacial score (nSPS) is 22.1. The minimum absolute atomic E-state index is 0.257. The van der Waals surface area contributed by atoms with E-state index in [4.69, 9.17) is 0 Å². The molecule has 1 aliphatic heterocycles. The first kappa shape index (κ1) is 5.09. The smallest absolute Gasteiger partial charge is 0.342 e. The highest BCUT2D eigenvalue weighted by atomic mass is 16.5. The predicted octanol–water partition coefficient (Wildman–Crippen LogP) is 1.00. The van der Waals surface area contributed by atoms with Crippen LogP contribution in [0.25, 0.3) is 0 Å². The molecule has 0 unspecified atom stereocenters. The van der Waals surface area contributed by atoms with E-state index < -0.39 is 0 Å². The van der Waals surface area contributed by atoms with Crippen LogP contribution in [0.4, 0.5) is 0 Å². The zero-order valence-corrected chi connectivity index (χ0v) is 4.55. The van der Waals surface area contributed by atoms with Gasteiger partial charge in [-0.25, -0.2) is 4.79 Å². The van der Waals surface area contributed by atoms with Crippen LogP contribution in [-0.4, -0.2) is 5.97 Å². The minimum atomic E-state index is -0.257. The van der Waals surface area contributed by atoms with E-state index in [0.29, 0.717) is 5.57 Å². The van der Waals surface area contributed by atoms with Crippen molar-refractivity contribution in [3.8, 4) is 0 Å². The van der Waals surface area contributed by atoms with Crippen LogP contribution >= 0.6 is 0 Å². The van der Waals surface area contributed by atoms with Crippen LogP contribution < -0.4 is 0 Å². The Bertz CT molecular complexity index is 165. The molecule has 0 aliphatic carbocycles. The first-order valence-electron chi connectivity index (χ1n) is 2.38. The second kappa shape index (κ2) is 1.82. The molecule has 0 aromatic carbocycles. The number of hydrogen-bond donors (Lipinski definition) is 0. The van der Waals surface area contributed by atoms with Gasteiger partial charge >= 0.3 is 5.97 Å². The third-order valence-corrected chi connectivity index (χ3v) is 0.969. The number of carbonyl (C=O) groups is 1. The highest BCUT2D eigenvalue weighted by molar-refractivity contribution is 5.93. The zero-order chi connectivity index (χ0) is 5.98. The molecule has 0 N–H and O–H groups in total. The molecule has 0 saturated carbocycles. The fourth-order valence-corrected chi connectivity index (χ4v) is 0.519. The summed E-state index contributed by atoms with van der Waals surface area (Å²) < 4.78 is 4.47. The molecule has 8 heavy (non-hydrogen) atoms. The molecular formula is C6H6O2. The van der Waals surface area contributed by atoms with Gasteiger partial charge in [0.15, 0.2) is 0 Å². The summed E-state index contributed by atoms with van der Waals surface area (Å²) in [6.07, 6.45) is 4.74. The van der Waals surface area contributed by atoms with E-state index in [9.17, 15) is 4.79 Å². The molecule has 2 nitrogen and oxygen atoms in total. The molecule has 0 aromatic heterocycles. The van der Waals surface area contributed by atoms with Crippen LogP contribution in [-0.2, 0) is 9.53 Å². The van der Waals surface area contributed by atoms with Crippen LogP contribution in [0.3, 0.4) is 0 Å². The van der Waals surface area contributed by atoms with E-state index in [0.717, 1.165) is 0 Å². The molecule has 0 bridgehead atoms. The van der Waals surface area contributed by atoms with Crippen LogP contribution in [0.15, 0.2) is 24.0 Å². The summed E-state index contributed by atoms with van der Waals surface area (Å²) in [5.41, 5.74) is 0.630. The monoisotopic (exact) mass is 110 g/mol. The summed E-state index contributed by atoms with van der Waals surface area (Å²) in [7, 11) is 0. The largest absolute Gasteiger partial charge is 0.431 e. The Hall–Kier alpha value is -1.05. The SMILES string of the molecule is C/C=C1\C=COC1=O. The maximum atomic E-state index is 10.5. The molecule has 1 rings (SSSR count). The molecule has 42 valence electrons. The van der Waals surface area contributed by atoms with Crippen LogP contribution in [0.2, 0.25) is 0 Å². The zero-order valence-electron chi connectivity index (χ0n) is 4.55. The first-order valence-corrected chi connectivity index (χ1v) is 2.38. The highest BCUT2D eigenvalue weighted by Crippen LogP contribution is 2.07. The van der Waals surface area contributed by atoms with Gasteiger partial charge in [0, 0.05) is 0 Å². The Morgan fingerprint density at radius 3 is 2.75 bits per heavy atom. The number of rotatable bonds is 0. The molecule has 0 saturated heterocycles. The second-order valence-corrected chi connectivity index (χ2v) is 1.45. The lowest BCUT2D eigenvalue weighted by atomic mass is 10.3. The van der Waals surface area contributed by atoms with E-state index in [1.807, 2.05) is 0 Å². The summed E-state index contributed by atoms with van der Waals surface area (Å²) in [5.74, 6) is -0.257. The minimum Gasteiger partial charge on any atom is -0.431 e. The fourth-order valence-electron chi connectivity index (χ4n) is 0.519. The van der Waals surface area contributed by atoms with Gasteiger partial charge in [0.25, 0.3) is 0 Å². The van der Waals surface area contributed by atoms with Gasteiger partial charge in [0.05, 0.1) is 11.8 Å². The van der Waals surface area contributed by atoms with Gasteiger partial charge in [-0.1, -0.05) is 6.08 Å². The van der Waals surface area contributed by atoms with Gasteiger partial charge in [-0.3, -0.25) is 0 Å². The van der Waals surface area contributed by atoms with Gasteiger partial charge in [-0.2, -0.15) is 0 Å². The number of cyclic esters (lactones) is 1. The maximum absolute atomic E-state index is 10.5. The Labute approximate surface area is 47.5 Å². The lowest BCUT2D eigenvalue weighted by Crippen LogP contribution is -1.93. The van der Waals surface area contributed by atoms with Gasteiger partial charge in [0.1, 0.15) is 0 Å². The molecule has 0 atom stereocenters. The molecule has 0 radical (unpaired) electrons. The molecule has 0 spiro atoms. The van der Waals surface area contributed by atoms with Crippen molar-refractivity contribution in [3.63, 3.8) is 0 Å². The standard InChI is InChI=1S/C6H6O2/c1-2-5-3-4-8-6(5)7/h2-4H,1H3/b5-2+. The van der Waals surface area contributed by atoms with Gasteiger partial charge < -0.3 is 4.74 Å². The van der Waals surface area contributed by atoms with Crippen molar-refractivity contribution < 1.29 is 9.53 Å². The van der Waals surface area contributed by atoms with Crippen molar-refractivity contribution in [1.82, 2.24) is 0 Å². The van der Waals surface area contributed by atoms with E-state index in [1.54, 1.807) is 19.1 Å². The van der Waals surface area contributed by atoms with Crippen molar-refractivity contribution in [2.75, 3.05) is 0 Å². The van der Waals surface area contributed by atoms with Crippen LogP contribution in [0, 0.1) is 0 Å². The Morgan fingerprint density at radius 1 is 1.75 bits per heavy atom. The molecular weight excluding hydrogens is 104 g/mol. The maximum Gasteiger partial charge on any atom is 0.342 e. The van der Waals surface area contributed by atoms with Gasteiger partial charge in [0.2, 0.25) is 0 Å². The molecule has 1 aliphatic rings. The third kappa shape index (κ3) is 0.644. The van der Waals surface area contributed by atoms with Crippen molar-refractivity contribution in [3.05, 3.63) is 24.0 Å². The molecule has 2 heteroatoms. The fraction of sp³-hybridized carbons (Fsp3) is 0.167. The summed E-state index contributed by atoms with van der Waals surface area (Å²) in [6.45, 7) is 1.80. The lowest BCUT2D eigenvalue weighted by Gasteiger charge is -1.84. The number of ether oxygens (including phenoxy) is 1. The van der Waals surface area contributed by atoms with E-state index in [-0.39, 0.29) is 5.97 Å². The van der Waals surface area contributed by atoms with Crippen LogP contribution in [0.1, 0.15) is 6.92 Å². The summed E-state index contributed by atoms with van der Waals surface area (Å²) in [6, 6.07) is 0. The third-order valence-electron chi connectivity index (χ3n) is 0.969. The summed E-state index contributed by atoms with van der Waals surface area (Å²) >= 11 is 0. The Balaban J connectivity index is 2.82. The van der Waals surface area contributed by atoms with Crippen molar-refractivity contribution in [2.45, 2.75) is 6.92 Å². The van der Waals surface area contributed by atoms with Gasteiger partial charge in [-0.05, 0) is 13.0 Å². The van der Waals surface area contributed by atoms with Crippen molar-refractivity contribution in [1.29, 1.82) is 0 Å². The number of esters is 1. The molecule has 0 amide bonds. The first-order chi connectivity index (χ1) is 3.84. The molecule has 1 heterocycles. The predicted molar refractivity (Wildman–Crippen MR) is 29.0 cm³/mol.